The van der Waals surface area contributed by atoms with Gasteiger partial charge in [0.05, 0.1) is 11.8 Å². The minimum atomic E-state index is -3.52. The lowest BCUT2D eigenvalue weighted by atomic mass is 10.0. The van der Waals surface area contributed by atoms with Crippen LogP contribution >= 0.6 is 11.3 Å². The van der Waals surface area contributed by atoms with E-state index in [1.165, 1.54) is 4.31 Å². The molecular formula is C10H17N3O3S2. The summed E-state index contributed by atoms with van der Waals surface area (Å²) in [6.07, 6.45) is 0.197. The molecule has 0 spiro atoms. The van der Waals surface area contributed by atoms with E-state index in [1.807, 2.05) is 0 Å². The lowest BCUT2D eigenvalue weighted by Gasteiger charge is -2.16. The maximum absolute atomic E-state index is 12.4. The second-order valence-corrected chi connectivity index (χ2v) is 7.74. The molecule has 0 aromatic carbocycles. The van der Waals surface area contributed by atoms with Gasteiger partial charge in [0.2, 0.25) is 0 Å². The number of anilines is 1. The van der Waals surface area contributed by atoms with Crippen molar-refractivity contribution in [1.29, 1.82) is 0 Å². The van der Waals surface area contributed by atoms with E-state index < -0.39 is 16.1 Å². The molecule has 0 radical (unpaired) electrons. The Labute approximate surface area is 110 Å². The van der Waals surface area contributed by atoms with Gasteiger partial charge in [-0.1, -0.05) is 11.3 Å². The number of nitrogens with zero attached hydrogens (tertiary/aromatic N) is 2. The van der Waals surface area contributed by atoms with Crippen molar-refractivity contribution in [2.75, 3.05) is 18.8 Å². The topological polar surface area (TPSA) is 96.5 Å². The van der Waals surface area contributed by atoms with E-state index in [9.17, 15) is 13.5 Å². The molecule has 2 unspecified atom stereocenters. The average Bonchev–Trinajstić information content (AvgIpc) is 2.85. The number of sulfonamides is 1. The number of hydrogen-bond donors (Lipinski definition) is 2. The normalized spacial score (nSPS) is 23.4. The molecule has 0 saturated carbocycles. The molecule has 1 aliphatic heterocycles. The Balaban J connectivity index is 2.26. The van der Waals surface area contributed by atoms with Crippen LogP contribution in [0.2, 0.25) is 0 Å². The zero-order chi connectivity index (χ0) is 13.5. The van der Waals surface area contributed by atoms with Crippen molar-refractivity contribution in [3.63, 3.8) is 0 Å². The van der Waals surface area contributed by atoms with E-state index >= 15 is 0 Å². The Morgan fingerprint density at radius 3 is 2.72 bits per heavy atom. The van der Waals surface area contributed by atoms with Crippen LogP contribution in [0.5, 0.6) is 0 Å². The molecule has 0 amide bonds. The molecule has 1 saturated heterocycles. The molecule has 1 fully saturated rings. The Hall–Kier alpha value is -0.700. The molecule has 2 heterocycles. The molecule has 102 valence electrons. The van der Waals surface area contributed by atoms with Gasteiger partial charge in [-0.2, -0.15) is 4.31 Å². The summed E-state index contributed by atoms with van der Waals surface area (Å²) in [4.78, 5) is 3.94. The number of nitrogen functional groups attached to an aromatic ring is 1. The summed E-state index contributed by atoms with van der Waals surface area (Å²) in [7, 11) is -3.52. The van der Waals surface area contributed by atoms with Crippen LogP contribution in [0.15, 0.2) is 4.21 Å². The van der Waals surface area contributed by atoms with Crippen molar-refractivity contribution in [2.45, 2.75) is 30.6 Å². The van der Waals surface area contributed by atoms with Crippen LogP contribution in [0.1, 0.15) is 19.0 Å². The first-order valence-corrected chi connectivity index (χ1v) is 7.99. The number of aliphatic hydroxyl groups excluding tert-OH is 1. The number of thiazole rings is 1. The monoisotopic (exact) mass is 291 g/mol. The van der Waals surface area contributed by atoms with Crippen molar-refractivity contribution < 1.29 is 13.5 Å². The Kier molecular flexibility index (Phi) is 3.63. The van der Waals surface area contributed by atoms with Crippen LogP contribution in [0, 0.1) is 12.8 Å². The molecule has 3 N–H and O–H groups in total. The molecule has 1 aliphatic rings. The van der Waals surface area contributed by atoms with Gasteiger partial charge >= 0.3 is 0 Å². The third-order valence-corrected chi connectivity index (χ3v) is 6.65. The van der Waals surface area contributed by atoms with Crippen molar-refractivity contribution in [3.8, 4) is 0 Å². The van der Waals surface area contributed by atoms with Crippen molar-refractivity contribution in [1.82, 2.24) is 9.29 Å². The van der Waals surface area contributed by atoms with E-state index in [0.29, 0.717) is 25.2 Å². The van der Waals surface area contributed by atoms with Crippen molar-refractivity contribution >= 4 is 26.5 Å². The molecule has 6 nitrogen and oxygen atoms in total. The standard InChI is InChI=1S/C10H17N3O3S2/c1-6-9(17-10(11)12-6)18(15,16)13-4-3-8(5-13)7(2)14/h7-8,14H,3-5H2,1-2H3,(H2,11,12). The minimum Gasteiger partial charge on any atom is -0.393 e. The van der Waals surface area contributed by atoms with Gasteiger partial charge in [-0.25, -0.2) is 13.4 Å². The van der Waals surface area contributed by atoms with E-state index in [1.54, 1.807) is 13.8 Å². The maximum atomic E-state index is 12.4. The third kappa shape index (κ3) is 2.37. The fourth-order valence-electron chi connectivity index (χ4n) is 2.13. The molecule has 0 aliphatic carbocycles. The summed E-state index contributed by atoms with van der Waals surface area (Å²) in [5.41, 5.74) is 5.98. The van der Waals surface area contributed by atoms with Crippen LogP contribution in [-0.4, -0.2) is 42.0 Å². The number of nitrogens with two attached hydrogens (primary N) is 1. The van der Waals surface area contributed by atoms with Gasteiger partial charge < -0.3 is 10.8 Å². The van der Waals surface area contributed by atoms with Crippen molar-refractivity contribution in [2.24, 2.45) is 5.92 Å². The first-order chi connectivity index (χ1) is 8.32. The average molecular weight is 291 g/mol. The first kappa shape index (κ1) is 13.7. The summed E-state index contributed by atoms with van der Waals surface area (Å²) >= 11 is 0.992. The van der Waals surface area contributed by atoms with Gasteiger partial charge in [-0.15, -0.1) is 0 Å². The molecule has 8 heteroatoms. The van der Waals surface area contributed by atoms with E-state index in [0.717, 1.165) is 11.3 Å². The van der Waals surface area contributed by atoms with E-state index in [2.05, 4.69) is 4.98 Å². The fraction of sp³-hybridized carbons (Fsp3) is 0.700. The maximum Gasteiger partial charge on any atom is 0.254 e. The van der Waals surface area contributed by atoms with Crippen LogP contribution in [0.3, 0.4) is 0 Å². The second-order valence-electron chi connectivity index (χ2n) is 4.58. The number of rotatable bonds is 3. The SMILES string of the molecule is Cc1nc(N)sc1S(=O)(=O)N1CCC(C(C)O)C1. The summed E-state index contributed by atoms with van der Waals surface area (Å²) in [6.45, 7) is 4.13. The first-order valence-electron chi connectivity index (χ1n) is 5.73. The summed E-state index contributed by atoms with van der Waals surface area (Å²) in [6, 6.07) is 0. The van der Waals surface area contributed by atoms with E-state index in [-0.39, 0.29) is 15.3 Å². The fourth-order valence-corrected chi connectivity index (χ4v) is 5.07. The molecule has 0 bridgehead atoms. The molecule has 18 heavy (non-hydrogen) atoms. The van der Waals surface area contributed by atoms with Crippen LogP contribution in [0.4, 0.5) is 5.13 Å². The number of hydrogen-bond acceptors (Lipinski definition) is 6. The molecule has 2 rings (SSSR count). The Morgan fingerprint density at radius 1 is 1.61 bits per heavy atom. The molecular weight excluding hydrogens is 274 g/mol. The number of aliphatic hydroxyl groups is 1. The van der Waals surface area contributed by atoms with Gasteiger partial charge in [0.1, 0.15) is 0 Å². The van der Waals surface area contributed by atoms with Gasteiger partial charge in [-0.3, -0.25) is 0 Å². The quantitative estimate of drug-likeness (QED) is 0.841. The summed E-state index contributed by atoms with van der Waals surface area (Å²) < 4.78 is 26.4. The molecule has 2 atom stereocenters. The van der Waals surface area contributed by atoms with Gasteiger partial charge in [-0.05, 0) is 26.2 Å². The highest BCUT2D eigenvalue weighted by Crippen LogP contribution is 2.31. The van der Waals surface area contributed by atoms with Crippen molar-refractivity contribution in [3.05, 3.63) is 5.69 Å². The van der Waals surface area contributed by atoms with Crippen LogP contribution < -0.4 is 5.73 Å². The largest absolute Gasteiger partial charge is 0.393 e. The predicted octanol–water partition coefficient (Wildman–Crippen LogP) is 0.425. The summed E-state index contributed by atoms with van der Waals surface area (Å²) in [5, 5.41) is 9.78. The second kappa shape index (κ2) is 4.76. The summed E-state index contributed by atoms with van der Waals surface area (Å²) in [5.74, 6) is 0.00495. The highest BCUT2D eigenvalue weighted by Gasteiger charge is 2.36. The van der Waals surface area contributed by atoms with Gasteiger partial charge in [0, 0.05) is 13.1 Å². The highest BCUT2D eigenvalue weighted by molar-refractivity contribution is 7.91. The zero-order valence-corrected chi connectivity index (χ0v) is 12.0. The molecule has 1 aromatic rings. The zero-order valence-electron chi connectivity index (χ0n) is 10.3. The molecule has 1 aromatic heterocycles. The number of aryl methyl sites for hydroxylation is 1. The lowest BCUT2D eigenvalue weighted by Crippen LogP contribution is -2.30. The minimum absolute atomic E-state index is 0.00495. The van der Waals surface area contributed by atoms with Gasteiger partial charge in [0.15, 0.2) is 9.34 Å². The van der Waals surface area contributed by atoms with Crippen LogP contribution in [-0.2, 0) is 10.0 Å². The predicted molar refractivity (Wildman–Crippen MR) is 69.8 cm³/mol. The van der Waals surface area contributed by atoms with E-state index in [4.69, 9.17) is 5.73 Å². The Bertz CT molecular complexity index is 539. The van der Waals surface area contributed by atoms with Gasteiger partial charge in [0.25, 0.3) is 10.0 Å². The lowest BCUT2D eigenvalue weighted by molar-refractivity contribution is 0.133. The third-order valence-electron chi connectivity index (χ3n) is 3.21. The highest BCUT2D eigenvalue weighted by atomic mass is 32.2. The number of aromatic nitrogens is 1. The smallest absolute Gasteiger partial charge is 0.254 e. The Morgan fingerprint density at radius 2 is 2.28 bits per heavy atom. The van der Waals surface area contributed by atoms with Crippen LogP contribution in [0.25, 0.3) is 0 Å².